The van der Waals surface area contributed by atoms with Gasteiger partial charge in [-0.3, -0.25) is 4.79 Å². The van der Waals surface area contributed by atoms with Crippen LogP contribution in [-0.2, 0) is 19.8 Å². The Bertz CT molecular complexity index is 910. The zero-order valence-electron chi connectivity index (χ0n) is 12.9. The first-order valence-electron chi connectivity index (χ1n) is 7.07. The number of nitrogens with zero attached hydrogens (tertiary/aromatic N) is 4. The fraction of sp³-hybridized carbons (Fsp3) is 0.267. The molecule has 0 spiro atoms. The lowest BCUT2D eigenvalue weighted by Gasteiger charge is -2.08. The highest BCUT2D eigenvalue weighted by atomic mass is 19.4. The molecule has 0 aliphatic rings. The summed E-state index contributed by atoms with van der Waals surface area (Å²) in [4.78, 5) is 20.0. The highest BCUT2D eigenvalue weighted by Gasteiger charge is 2.35. The second kappa shape index (κ2) is 5.66. The van der Waals surface area contributed by atoms with Crippen molar-refractivity contribution >= 4 is 11.6 Å². The largest absolute Gasteiger partial charge is 0.433 e. The molecule has 1 amide bonds. The molecule has 0 unspecified atom stereocenters. The second-order valence-electron chi connectivity index (χ2n) is 5.36. The molecule has 0 saturated heterocycles. The van der Waals surface area contributed by atoms with E-state index >= 15 is 0 Å². The summed E-state index contributed by atoms with van der Waals surface area (Å²) in [5.41, 5.74) is 1.37. The van der Waals surface area contributed by atoms with E-state index in [2.05, 4.69) is 15.3 Å². The minimum absolute atomic E-state index is 0.0914. The summed E-state index contributed by atoms with van der Waals surface area (Å²) in [5, 5.41) is 2.54. The molecule has 1 N–H and O–H groups in total. The standard InChI is InChI=1S/C15H14F3N5O/c1-9-4-3-5-23-8-10(21-12(9)23)6-20-14(24)13-19-7-11(22(13)2)15(16,17)18/h3-5,7-8H,6H2,1-2H3,(H,20,24). The van der Waals surface area contributed by atoms with Crippen molar-refractivity contribution in [2.75, 3.05) is 0 Å². The van der Waals surface area contributed by atoms with E-state index in [0.29, 0.717) is 11.9 Å². The number of carbonyl (C=O) groups is 1. The van der Waals surface area contributed by atoms with Crippen LogP contribution in [0.4, 0.5) is 13.2 Å². The molecule has 0 saturated carbocycles. The lowest BCUT2D eigenvalue weighted by molar-refractivity contribution is -0.143. The van der Waals surface area contributed by atoms with Crippen LogP contribution >= 0.6 is 0 Å². The van der Waals surface area contributed by atoms with Crippen molar-refractivity contribution in [3.05, 3.63) is 53.5 Å². The van der Waals surface area contributed by atoms with Crippen LogP contribution < -0.4 is 5.32 Å². The molecule has 3 rings (SSSR count). The van der Waals surface area contributed by atoms with Gasteiger partial charge in [0.2, 0.25) is 0 Å². The minimum Gasteiger partial charge on any atom is -0.344 e. The number of fused-ring (bicyclic) bond motifs is 1. The molecular weight excluding hydrogens is 323 g/mol. The Kier molecular flexibility index (Phi) is 3.78. The second-order valence-corrected chi connectivity index (χ2v) is 5.36. The molecule has 24 heavy (non-hydrogen) atoms. The van der Waals surface area contributed by atoms with Gasteiger partial charge in [-0.25, -0.2) is 9.97 Å². The Morgan fingerprint density at radius 3 is 2.75 bits per heavy atom. The summed E-state index contributed by atoms with van der Waals surface area (Å²) in [7, 11) is 1.15. The molecule has 0 radical (unpaired) electrons. The van der Waals surface area contributed by atoms with Crippen molar-refractivity contribution in [3.8, 4) is 0 Å². The lowest BCUT2D eigenvalue weighted by Crippen LogP contribution is -2.26. The van der Waals surface area contributed by atoms with Gasteiger partial charge in [-0.15, -0.1) is 0 Å². The molecular formula is C15H14F3N5O. The minimum atomic E-state index is -4.56. The van der Waals surface area contributed by atoms with Crippen molar-refractivity contribution in [2.45, 2.75) is 19.6 Å². The maximum Gasteiger partial charge on any atom is 0.433 e. The Labute approximate surface area is 134 Å². The van der Waals surface area contributed by atoms with E-state index in [0.717, 1.165) is 22.8 Å². The number of aryl methyl sites for hydroxylation is 1. The molecule has 0 aliphatic carbocycles. The zero-order chi connectivity index (χ0) is 17.5. The van der Waals surface area contributed by atoms with Gasteiger partial charge in [-0.2, -0.15) is 13.2 Å². The average molecular weight is 337 g/mol. The Balaban J connectivity index is 1.75. The van der Waals surface area contributed by atoms with Crippen LogP contribution in [0.15, 0.2) is 30.7 Å². The number of hydrogen-bond acceptors (Lipinski definition) is 3. The topological polar surface area (TPSA) is 64.2 Å². The van der Waals surface area contributed by atoms with Crippen LogP contribution in [0.2, 0.25) is 0 Å². The third kappa shape index (κ3) is 2.84. The maximum absolute atomic E-state index is 12.7. The monoisotopic (exact) mass is 337 g/mol. The summed E-state index contributed by atoms with van der Waals surface area (Å²) in [5.74, 6) is -0.996. The van der Waals surface area contributed by atoms with Crippen LogP contribution in [0, 0.1) is 6.92 Å². The van der Waals surface area contributed by atoms with Crippen LogP contribution in [0.1, 0.15) is 27.6 Å². The van der Waals surface area contributed by atoms with E-state index in [1.165, 1.54) is 0 Å². The number of hydrogen-bond donors (Lipinski definition) is 1. The van der Waals surface area contributed by atoms with E-state index in [-0.39, 0.29) is 12.4 Å². The van der Waals surface area contributed by atoms with Crippen LogP contribution in [0.5, 0.6) is 0 Å². The molecule has 126 valence electrons. The fourth-order valence-corrected chi connectivity index (χ4v) is 2.42. The third-order valence-corrected chi connectivity index (χ3v) is 3.64. The number of halogens is 3. The molecule has 6 nitrogen and oxygen atoms in total. The Morgan fingerprint density at radius 1 is 1.38 bits per heavy atom. The van der Waals surface area contributed by atoms with E-state index in [1.54, 1.807) is 6.20 Å². The summed E-state index contributed by atoms with van der Waals surface area (Å²) in [6.07, 6.45) is -0.334. The van der Waals surface area contributed by atoms with Gasteiger partial charge in [0.15, 0.2) is 5.82 Å². The van der Waals surface area contributed by atoms with Gasteiger partial charge in [0.1, 0.15) is 11.3 Å². The van der Waals surface area contributed by atoms with Crippen LogP contribution in [0.3, 0.4) is 0 Å². The van der Waals surface area contributed by atoms with Gasteiger partial charge < -0.3 is 14.3 Å². The maximum atomic E-state index is 12.7. The highest BCUT2D eigenvalue weighted by molar-refractivity contribution is 5.90. The first-order chi connectivity index (χ1) is 11.3. The van der Waals surface area contributed by atoms with E-state index in [9.17, 15) is 18.0 Å². The van der Waals surface area contributed by atoms with Gasteiger partial charge in [0.05, 0.1) is 18.4 Å². The zero-order valence-corrected chi connectivity index (χ0v) is 12.9. The van der Waals surface area contributed by atoms with Crippen molar-refractivity contribution in [3.63, 3.8) is 0 Å². The number of aromatic nitrogens is 4. The Morgan fingerprint density at radius 2 is 2.12 bits per heavy atom. The number of imidazole rings is 2. The predicted molar refractivity (Wildman–Crippen MR) is 79.3 cm³/mol. The number of nitrogens with one attached hydrogen (secondary N) is 1. The van der Waals surface area contributed by atoms with Crippen molar-refractivity contribution in [1.82, 2.24) is 24.3 Å². The summed E-state index contributed by atoms with van der Waals surface area (Å²) < 4.78 is 40.7. The van der Waals surface area contributed by atoms with Crippen LogP contribution in [0.25, 0.3) is 5.65 Å². The van der Waals surface area contributed by atoms with E-state index in [1.807, 2.05) is 29.7 Å². The number of amides is 1. The number of alkyl halides is 3. The van der Waals surface area contributed by atoms with Crippen molar-refractivity contribution < 1.29 is 18.0 Å². The molecule has 3 aromatic rings. The number of pyridine rings is 1. The van der Waals surface area contributed by atoms with Crippen LogP contribution in [-0.4, -0.2) is 24.8 Å². The third-order valence-electron chi connectivity index (χ3n) is 3.64. The summed E-state index contributed by atoms with van der Waals surface area (Å²) >= 11 is 0. The van der Waals surface area contributed by atoms with E-state index < -0.39 is 17.8 Å². The molecule has 9 heteroatoms. The molecule has 0 atom stereocenters. The molecule has 0 bridgehead atoms. The van der Waals surface area contributed by atoms with Crippen molar-refractivity contribution in [2.24, 2.45) is 7.05 Å². The van der Waals surface area contributed by atoms with Gasteiger partial charge in [0.25, 0.3) is 5.91 Å². The molecule has 0 fully saturated rings. The van der Waals surface area contributed by atoms with Gasteiger partial charge in [0, 0.05) is 19.4 Å². The molecule has 0 aromatic carbocycles. The van der Waals surface area contributed by atoms with E-state index in [4.69, 9.17) is 0 Å². The molecule has 3 heterocycles. The average Bonchev–Trinajstić information content (AvgIpc) is 3.08. The van der Waals surface area contributed by atoms with Crippen molar-refractivity contribution in [1.29, 1.82) is 0 Å². The summed E-state index contributed by atoms with van der Waals surface area (Å²) in [6, 6.07) is 3.79. The number of rotatable bonds is 3. The predicted octanol–water partition coefficient (Wildman–Crippen LogP) is 2.33. The molecule has 3 aromatic heterocycles. The number of carbonyl (C=O) groups excluding carboxylic acids is 1. The highest BCUT2D eigenvalue weighted by Crippen LogP contribution is 2.29. The SMILES string of the molecule is Cc1cccn2cc(CNC(=O)c3ncc(C(F)(F)F)n3C)nc12. The van der Waals surface area contributed by atoms with Gasteiger partial charge in [-0.1, -0.05) is 6.07 Å². The quantitative estimate of drug-likeness (QED) is 0.798. The normalized spacial score (nSPS) is 11.9. The first-order valence-corrected chi connectivity index (χ1v) is 7.07. The van der Waals surface area contributed by atoms with Gasteiger partial charge in [-0.05, 0) is 18.6 Å². The molecule has 0 aliphatic heterocycles. The fourth-order valence-electron chi connectivity index (χ4n) is 2.42. The Hall–Kier alpha value is -2.84. The van der Waals surface area contributed by atoms with Gasteiger partial charge >= 0.3 is 6.18 Å². The smallest absolute Gasteiger partial charge is 0.344 e. The lowest BCUT2D eigenvalue weighted by atomic mass is 10.3. The summed E-state index contributed by atoms with van der Waals surface area (Å²) in [6.45, 7) is 2.01. The first kappa shape index (κ1) is 16.0.